The maximum Gasteiger partial charge on any atom is 0.254 e. The monoisotopic (exact) mass is 563 g/mol. The first-order valence-electron chi connectivity index (χ1n) is 13.9. The van der Waals surface area contributed by atoms with E-state index in [0.29, 0.717) is 28.8 Å². The summed E-state index contributed by atoms with van der Waals surface area (Å²) in [6.07, 6.45) is 4.32. The van der Waals surface area contributed by atoms with E-state index in [1.807, 2.05) is 24.3 Å². The van der Waals surface area contributed by atoms with Crippen LogP contribution in [0.2, 0.25) is 5.02 Å². The lowest BCUT2D eigenvalue weighted by molar-refractivity contribution is -0.0155. The summed E-state index contributed by atoms with van der Waals surface area (Å²) in [7, 11) is 1.67. The molecule has 3 aliphatic heterocycles. The summed E-state index contributed by atoms with van der Waals surface area (Å²) in [5.41, 5.74) is 5.43. The number of amides is 1. The zero-order valence-corrected chi connectivity index (χ0v) is 23.4. The molecule has 1 saturated heterocycles. The molecule has 210 valence electrons. The number of carbonyl (C=O) groups is 1. The Kier molecular flexibility index (Phi) is 7.89. The molecule has 6 rings (SSSR count). The number of methoxy groups -OCH3 is 1. The Morgan fingerprint density at radius 3 is 2.70 bits per heavy atom. The second-order valence-corrected chi connectivity index (χ2v) is 11.0. The van der Waals surface area contributed by atoms with Crippen molar-refractivity contribution in [2.24, 2.45) is 0 Å². The summed E-state index contributed by atoms with van der Waals surface area (Å²) >= 11 is 6.49. The topological polar surface area (TPSA) is 100 Å². The number of aromatic nitrogens is 2. The standard InChI is InChI=1S/C30H34ClN5O4/c1-39-24-5-4-19-6-10-35(11-7-20(19)14-24)27(37)18-36-17-22-3-2-21(15-25(22)29(36)38)28-26(31)16-32-30(34-28)33-23-8-12-40-13-9-23/h2-5,14-16,23,27,37H,6-13,17-18H2,1H3,(H,32,33,34). The molecular formula is C30H34ClN5O4. The van der Waals surface area contributed by atoms with Crippen LogP contribution in [0.3, 0.4) is 0 Å². The number of nitrogens with one attached hydrogen (secondary N) is 1. The second kappa shape index (κ2) is 11.7. The van der Waals surface area contributed by atoms with Crippen LogP contribution in [0.4, 0.5) is 5.95 Å². The van der Waals surface area contributed by atoms with Crippen molar-refractivity contribution < 1.29 is 19.4 Å². The van der Waals surface area contributed by atoms with Crippen molar-refractivity contribution >= 4 is 23.5 Å². The number of fused-ring (bicyclic) bond motifs is 2. The van der Waals surface area contributed by atoms with Crippen molar-refractivity contribution in [1.82, 2.24) is 19.8 Å². The lowest BCUT2D eigenvalue weighted by Crippen LogP contribution is -2.45. The molecule has 9 nitrogen and oxygen atoms in total. The Morgan fingerprint density at radius 2 is 1.90 bits per heavy atom. The summed E-state index contributed by atoms with van der Waals surface area (Å²) in [5.74, 6) is 1.27. The molecule has 1 fully saturated rings. The van der Waals surface area contributed by atoms with E-state index in [-0.39, 0.29) is 18.5 Å². The van der Waals surface area contributed by atoms with Gasteiger partial charge in [0.15, 0.2) is 0 Å². The third-order valence-electron chi connectivity index (χ3n) is 8.12. The van der Waals surface area contributed by atoms with Crippen LogP contribution in [0.1, 0.15) is 39.9 Å². The normalized spacial score (nSPS) is 18.7. The number of anilines is 1. The SMILES string of the molecule is COc1ccc2c(c1)CCN(C(O)CN1Cc3ccc(-c4nc(NC5CCOCC5)ncc4Cl)cc3C1=O)CC2. The smallest absolute Gasteiger partial charge is 0.254 e. The molecule has 0 spiro atoms. The van der Waals surface area contributed by atoms with Gasteiger partial charge in [-0.3, -0.25) is 9.69 Å². The van der Waals surface area contributed by atoms with Gasteiger partial charge in [0.2, 0.25) is 5.95 Å². The largest absolute Gasteiger partial charge is 0.497 e. The maximum atomic E-state index is 13.4. The Balaban J connectivity index is 1.13. The molecule has 3 aromatic rings. The van der Waals surface area contributed by atoms with Gasteiger partial charge in [0.25, 0.3) is 5.91 Å². The molecule has 0 saturated carbocycles. The highest BCUT2D eigenvalue weighted by molar-refractivity contribution is 6.33. The van der Waals surface area contributed by atoms with E-state index in [0.717, 1.165) is 68.9 Å². The summed E-state index contributed by atoms with van der Waals surface area (Å²) < 4.78 is 10.8. The average molecular weight is 564 g/mol. The van der Waals surface area contributed by atoms with Gasteiger partial charge in [0.1, 0.15) is 12.0 Å². The first-order valence-corrected chi connectivity index (χ1v) is 14.2. The fourth-order valence-corrected chi connectivity index (χ4v) is 5.98. The third kappa shape index (κ3) is 5.65. The van der Waals surface area contributed by atoms with Crippen molar-refractivity contribution in [1.29, 1.82) is 0 Å². The number of nitrogens with zero attached hydrogens (tertiary/aromatic N) is 4. The molecule has 1 aromatic heterocycles. The number of benzene rings is 2. The van der Waals surface area contributed by atoms with Crippen LogP contribution in [-0.4, -0.2) is 83.0 Å². The van der Waals surface area contributed by atoms with Gasteiger partial charge < -0.3 is 24.8 Å². The Morgan fingerprint density at radius 1 is 1.12 bits per heavy atom. The van der Waals surface area contributed by atoms with Crippen molar-refractivity contribution in [3.63, 3.8) is 0 Å². The summed E-state index contributed by atoms with van der Waals surface area (Å²) in [6, 6.07) is 12.2. The number of aliphatic hydroxyl groups is 1. The molecule has 2 aromatic carbocycles. The first kappa shape index (κ1) is 27.0. The van der Waals surface area contributed by atoms with E-state index in [9.17, 15) is 9.90 Å². The third-order valence-corrected chi connectivity index (χ3v) is 8.39. The van der Waals surface area contributed by atoms with Crippen molar-refractivity contribution in [2.45, 2.75) is 44.5 Å². The summed E-state index contributed by atoms with van der Waals surface area (Å²) in [5, 5.41) is 14.9. The van der Waals surface area contributed by atoms with Gasteiger partial charge >= 0.3 is 0 Å². The quantitative estimate of drug-likeness (QED) is 0.448. The average Bonchev–Trinajstić information content (AvgIpc) is 3.14. The molecular weight excluding hydrogens is 530 g/mol. The summed E-state index contributed by atoms with van der Waals surface area (Å²) in [4.78, 5) is 26.2. The fourth-order valence-electron chi connectivity index (χ4n) is 5.78. The molecule has 10 heteroatoms. The van der Waals surface area contributed by atoms with Gasteiger partial charge in [0, 0.05) is 50.0 Å². The molecule has 4 heterocycles. The summed E-state index contributed by atoms with van der Waals surface area (Å²) in [6.45, 7) is 3.60. The van der Waals surface area contributed by atoms with E-state index in [4.69, 9.17) is 21.1 Å². The highest BCUT2D eigenvalue weighted by Gasteiger charge is 2.31. The molecule has 3 aliphatic rings. The Labute approximate surface area is 239 Å². The lowest BCUT2D eigenvalue weighted by atomic mass is 10.0. The van der Waals surface area contributed by atoms with Crippen LogP contribution in [-0.2, 0) is 24.1 Å². The number of β-amino-alcohol motifs (C(OH)–C–C–N with tert-alkyl or cyclic N) is 1. The van der Waals surface area contributed by atoms with E-state index in [1.54, 1.807) is 18.2 Å². The highest BCUT2D eigenvalue weighted by atomic mass is 35.5. The van der Waals surface area contributed by atoms with Crippen molar-refractivity contribution in [3.8, 4) is 17.0 Å². The number of halogens is 1. The predicted molar refractivity (Wildman–Crippen MR) is 153 cm³/mol. The van der Waals surface area contributed by atoms with Gasteiger partial charge in [-0.25, -0.2) is 9.97 Å². The molecule has 1 atom stereocenters. The zero-order valence-electron chi connectivity index (χ0n) is 22.6. The van der Waals surface area contributed by atoms with E-state index >= 15 is 0 Å². The highest BCUT2D eigenvalue weighted by Crippen LogP contribution is 2.32. The van der Waals surface area contributed by atoms with Crippen LogP contribution in [0.25, 0.3) is 11.3 Å². The van der Waals surface area contributed by atoms with Crippen LogP contribution in [0.15, 0.2) is 42.6 Å². The lowest BCUT2D eigenvalue weighted by Gasteiger charge is -2.29. The number of hydrogen-bond donors (Lipinski definition) is 2. The van der Waals surface area contributed by atoms with Crippen LogP contribution in [0, 0.1) is 0 Å². The van der Waals surface area contributed by atoms with E-state index < -0.39 is 6.23 Å². The van der Waals surface area contributed by atoms with Gasteiger partial charge in [0.05, 0.1) is 30.6 Å². The van der Waals surface area contributed by atoms with Gasteiger partial charge in [-0.1, -0.05) is 29.8 Å². The number of rotatable bonds is 7. The van der Waals surface area contributed by atoms with Gasteiger partial charge in [-0.15, -0.1) is 0 Å². The fraction of sp³-hybridized carbons (Fsp3) is 0.433. The van der Waals surface area contributed by atoms with E-state index in [2.05, 4.69) is 32.3 Å². The number of hydrogen-bond acceptors (Lipinski definition) is 8. The minimum absolute atomic E-state index is 0.0931. The minimum Gasteiger partial charge on any atom is -0.497 e. The number of carbonyl (C=O) groups excluding carboxylic acids is 1. The Bertz CT molecular complexity index is 1400. The number of aliphatic hydroxyl groups excluding tert-OH is 1. The van der Waals surface area contributed by atoms with Crippen LogP contribution in [0.5, 0.6) is 5.75 Å². The molecule has 0 aliphatic carbocycles. The molecule has 2 N–H and O–H groups in total. The molecule has 0 radical (unpaired) electrons. The molecule has 1 amide bonds. The predicted octanol–water partition coefficient (Wildman–Crippen LogP) is 3.77. The molecule has 1 unspecified atom stereocenters. The second-order valence-electron chi connectivity index (χ2n) is 10.6. The minimum atomic E-state index is -0.746. The first-order chi connectivity index (χ1) is 19.5. The van der Waals surface area contributed by atoms with E-state index in [1.165, 1.54) is 11.1 Å². The van der Waals surface area contributed by atoms with Crippen molar-refractivity contribution in [2.75, 3.05) is 45.3 Å². The van der Waals surface area contributed by atoms with Gasteiger partial charge in [-0.05, 0) is 60.6 Å². The van der Waals surface area contributed by atoms with Crippen molar-refractivity contribution in [3.05, 3.63) is 69.9 Å². The zero-order chi connectivity index (χ0) is 27.6. The molecule has 0 bridgehead atoms. The van der Waals surface area contributed by atoms with Crippen LogP contribution < -0.4 is 10.1 Å². The Hall–Kier alpha value is -3.24. The van der Waals surface area contributed by atoms with Gasteiger partial charge in [-0.2, -0.15) is 0 Å². The van der Waals surface area contributed by atoms with Crippen LogP contribution >= 0.6 is 11.6 Å². The molecule has 40 heavy (non-hydrogen) atoms. The number of ether oxygens (including phenoxy) is 2. The maximum absolute atomic E-state index is 13.4.